The van der Waals surface area contributed by atoms with Crippen LogP contribution in [0.1, 0.15) is 11.1 Å². The Hall–Kier alpha value is -3.92. The molecular formula is C31H33ClN4O5. The number of esters is 1. The second kappa shape index (κ2) is 12.3. The molecule has 1 atom stereocenters. The molecule has 214 valence electrons. The maximum Gasteiger partial charge on any atom is 0.328 e. The maximum atomic E-state index is 14.2. The van der Waals surface area contributed by atoms with E-state index in [9.17, 15) is 19.5 Å². The van der Waals surface area contributed by atoms with Crippen LogP contribution in [0.25, 0.3) is 0 Å². The van der Waals surface area contributed by atoms with Gasteiger partial charge < -0.3 is 14.7 Å². The van der Waals surface area contributed by atoms with Gasteiger partial charge in [-0.15, -0.1) is 0 Å². The van der Waals surface area contributed by atoms with E-state index < -0.39 is 36.1 Å². The molecule has 0 aromatic heterocycles. The van der Waals surface area contributed by atoms with Crippen molar-refractivity contribution in [1.82, 2.24) is 14.7 Å². The molecule has 2 aliphatic rings. The van der Waals surface area contributed by atoms with Crippen LogP contribution in [0.4, 0.5) is 10.5 Å². The SMILES string of the molecule is COC(=O)CN1C(=O)N(CC(O)CN2CCN(c3ccccc3Cl)CC2)C(c2ccccc2)(c2ccccc2)C1=O. The molecule has 0 bridgehead atoms. The molecule has 3 aromatic carbocycles. The van der Waals surface area contributed by atoms with E-state index >= 15 is 0 Å². The fraction of sp³-hybridized carbons (Fsp3) is 0.323. The molecule has 41 heavy (non-hydrogen) atoms. The van der Waals surface area contributed by atoms with Crippen molar-refractivity contribution in [3.63, 3.8) is 0 Å². The maximum absolute atomic E-state index is 14.2. The minimum atomic E-state index is -1.56. The third-order valence-electron chi connectivity index (χ3n) is 7.75. The van der Waals surface area contributed by atoms with Gasteiger partial charge >= 0.3 is 12.0 Å². The van der Waals surface area contributed by atoms with Crippen LogP contribution >= 0.6 is 11.6 Å². The van der Waals surface area contributed by atoms with Crippen LogP contribution in [-0.4, -0.2) is 96.7 Å². The van der Waals surface area contributed by atoms with Crippen molar-refractivity contribution in [2.75, 3.05) is 57.8 Å². The number of benzene rings is 3. The second-order valence-electron chi connectivity index (χ2n) is 10.2. The predicted molar refractivity (Wildman–Crippen MR) is 156 cm³/mol. The number of imide groups is 1. The predicted octanol–water partition coefficient (Wildman–Crippen LogP) is 3.20. The first-order valence-electron chi connectivity index (χ1n) is 13.6. The smallest absolute Gasteiger partial charge is 0.328 e. The zero-order chi connectivity index (χ0) is 29.0. The lowest BCUT2D eigenvalue weighted by atomic mass is 9.81. The zero-order valence-electron chi connectivity index (χ0n) is 22.9. The van der Waals surface area contributed by atoms with Gasteiger partial charge in [-0.25, -0.2) is 4.79 Å². The minimum Gasteiger partial charge on any atom is -0.468 e. The van der Waals surface area contributed by atoms with Crippen LogP contribution in [0, 0.1) is 0 Å². The average molecular weight is 577 g/mol. The Morgan fingerprint density at radius 2 is 1.44 bits per heavy atom. The highest BCUT2D eigenvalue weighted by molar-refractivity contribution is 6.33. The third-order valence-corrected chi connectivity index (χ3v) is 8.07. The molecule has 9 nitrogen and oxygen atoms in total. The Bertz CT molecular complexity index is 1340. The van der Waals surface area contributed by atoms with E-state index in [1.54, 1.807) is 48.5 Å². The number of nitrogens with zero attached hydrogens (tertiary/aromatic N) is 4. The molecule has 0 radical (unpaired) electrons. The average Bonchev–Trinajstić information content (AvgIpc) is 3.20. The molecule has 10 heteroatoms. The van der Waals surface area contributed by atoms with Crippen LogP contribution < -0.4 is 4.90 Å². The van der Waals surface area contributed by atoms with Crippen LogP contribution in [0.3, 0.4) is 0 Å². The Balaban J connectivity index is 1.41. The molecule has 2 saturated heterocycles. The summed E-state index contributed by atoms with van der Waals surface area (Å²) >= 11 is 6.39. The summed E-state index contributed by atoms with van der Waals surface area (Å²) in [5.74, 6) is -1.27. The summed E-state index contributed by atoms with van der Waals surface area (Å²) < 4.78 is 4.78. The minimum absolute atomic E-state index is 0.114. The standard InChI is InChI=1S/C31H33ClN4O5/c1-41-28(38)22-35-29(39)31(23-10-4-2-5-11-23,24-12-6-3-7-13-24)36(30(35)40)21-25(37)20-33-16-18-34(19-17-33)27-15-9-8-14-26(27)32/h2-15,25,37H,16-22H2,1H3. The van der Waals surface area contributed by atoms with Crippen LogP contribution in [0.5, 0.6) is 0 Å². The largest absolute Gasteiger partial charge is 0.468 e. The van der Waals surface area contributed by atoms with Gasteiger partial charge in [-0.05, 0) is 23.3 Å². The number of aliphatic hydroxyl groups is 1. The molecule has 5 rings (SSSR count). The number of rotatable bonds is 9. The number of hydrogen-bond donors (Lipinski definition) is 1. The van der Waals surface area contributed by atoms with Gasteiger partial charge in [-0.2, -0.15) is 0 Å². The number of amides is 3. The van der Waals surface area contributed by atoms with Gasteiger partial charge in [0, 0.05) is 32.7 Å². The number of anilines is 1. The number of hydrogen-bond acceptors (Lipinski definition) is 7. The Morgan fingerprint density at radius 3 is 2.00 bits per heavy atom. The molecule has 0 spiro atoms. The Labute approximate surface area is 244 Å². The number of urea groups is 1. The van der Waals surface area contributed by atoms with Crippen molar-refractivity contribution in [2.45, 2.75) is 11.6 Å². The summed E-state index contributed by atoms with van der Waals surface area (Å²) in [5, 5.41) is 12.0. The highest BCUT2D eigenvalue weighted by Gasteiger charge is 2.60. The van der Waals surface area contributed by atoms with E-state index in [1.807, 2.05) is 36.4 Å². The molecule has 0 aliphatic carbocycles. The molecule has 0 saturated carbocycles. The van der Waals surface area contributed by atoms with Crippen LogP contribution in [-0.2, 0) is 19.9 Å². The highest BCUT2D eigenvalue weighted by Crippen LogP contribution is 2.43. The zero-order valence-corrected chi connectivity index (χ0v) is 23.6. The van der Waals surface area contributed by atoms with Gasteiger partial charge in [0.25, 0.3) is 5.91 Å². The van der Waals surface area contributed by atoms with E-state index in [-0.39, 0.29) is 6.54 Å². The van der Waals surface area contributed by atoms with Gasteiger partial charge in [-0.1, -0.05) is 84.4 Å². The molecular weight excluding hydrogens is 544 g/mol. The fourth-order valence-electron chi connectivity index (χ4n) is 5.76. The van der Waals surface area contributed by atoms with Crippen LogP contribution in [0.2, 0.25) is 5.02 Å². The van der Waals surface area contributed by atoms with Crippen molar-refractivity contribution < 1.29 is 24.2 Å². The van der Waals surface area contributed by atoms with Gasteiger partial charge in [-0.3, -0.25) is 24.3 Å². The van der Waals surface area contributed by atoms with E-state index in [0.29, 0.717) is 35.8 Å². The Morgan fingerprint density at radius 1 is 0.878 bits per heavy atom. The lowest BCUT2D eigenvalue weighted by Crippen LogP contribution is -2.53. The molecule has 2 fully saturated rings. The molecule has 1 N–H and O–H groups in total. The highest BCUT2D eigenvalue weighted by atomic mass is 35.5. The number of carbonyl (C=O) groups is 3. The lowest BCUT2D eigenvalue weighted by molar-refractivity contribution is -0.145. The van der Waals surface area contributed by atoms with Gasteiger partial charge in [0.1, 0.15) is 6.54 Å². The number of halogens is 1. The monoisotopic (exact) mass is 576 g/mol. The fourth-order valence-corrected chi connectivity index (χ4v) is 6.02. The van der Waals surface area contributed by atoms with Crippen molar-refractivity contribution in [3.8, 4) is 0 Å². The van der Waals surface area contributed by atoms with Crippen molar-refractivity contribution in [1.29, 1.82) is 0 Å². The van der Waals surface area contributed by atoms with Crippen molar-refractivity contribution in [3.05, 3.63) is 101 Å². The van der Waals surface area contributed by atoms with E-state index in [0.717, 1.165) is 23.7 Å². The number of piperazine rings is 1. The van der Waals surface area contributed by atoms with Gasteiger partial charge in [0.05, 0.1) is 30.5 Å². The molecule has 2 aliphatic heterocycles. The third kappa shape index (κ3) is 5.53. The molecule has 3 aromatic rings. The first kappa shape index (κ1) is 28.6. The summed E-state index contributed by atoms with van der Waals surface area (Å²) in [6.07, 6.45) is -0.955. The number of ether oxygens (including phenoxy) is 1. The normalized spacial score (nSPS) is 18.1. The Kier molecular flexibility index (Phi) is 8.58. The molecule has 3 amide bonds. The summed E-state index contributed by atoms with van der Waals surface area (Å²) in [6, 6.07) is 25.1. The van der Waals surface area contributed by atoms with E-state index in [2.05, 4.69) is 9.80 Å². The second-order valence-corrected chi connectivity index (χ2v) is 10.6. The first-order chi connectivity index (χ1) is 19.9. The number of aliphatic hydroxyl groups excluding tert-OH is 1. The van der Waals surface area contributed by atoms with Gasteiger partial charge in [0.15, 0.2) is 5.54 Å². The number of carbonyl (C=O) groups excluding carboxylic acids is 3. The summed E-state index contributed by atoms with van der Waals surface area (Å²) in [4.78, 5) is 47.0. The first-order valence-corrected chi connectivity index (χ1v) is 14.0. The number of para-hydroxylation sites is 1. The van der Waals surface area contributed by atoms with E-state index in [1.165, 1.54) is 12.0 Å². The molecule has 1 unspecified atom stereocenters. The number of β-amino-alcohol motifs (C(OH)–C–C–N with tert-alkyl or cyclic N) is 1. The van der Waals surface area contributed by atoms with Gasteiger partial charge in [0.2, 0.25) is 0 Å². The quantitative estimate of drug-likeness (QED) is 0.309. The summed E-state index contributed by atoms with van der Waals surface area (Å²) in [5.41, 5.74) is 0.559. The topological polar surface area (TPSA) is 93.6 Å². The summed E-state index contributed by atoms with van der Waals surface area (Å²) in [6.45, 7) is 2.55. The summed E-state index contributed by atoms with van der Waals surface area (Å²) in [7, 11) is 1.21. The van der Waals surface area contributed by atoms with Crippen molar-refractivity contribution in [2.24, 2.45) is 0 Å². The van der Waals surface area contributed by atoms with Crippen LogP contribution in [0.15, 0.2) is 84.9 Å². The molecule has 2 heterocycles. The van der Waals surface area contributed by atoms with E-state index in [4.69, 9.17) is 16.3 Å². The lowest BCUT2D eigenvalue weighted by Gasteiger charge is -2.39. The number of methoxy groups -OCH3 is 1. The van der Waals surface area contributed by atoms with Crippen molar-refractivity contribution >= 4 is 35.2 Å².